The fraction of sp³-hybridized carbons (Fsp3) is 0.292. The summed E-state index contributed by atoms with van der Waals surface area (Å²) < 4.78 is 5.52. The molecule has 6 heteroatoms. The van der Waals surface area contributed by atoms with E-state index in [-0.39, 0.29) is 12.3 Å². The van der Waals surface area contributed by atoms with Crippen LogP contribution in [0.15, 0.2) is 64.7 Å². The molecule has 6 nitrogen and oxygen atoms in total. The molecule has 2 aliphatic rings. The number of fused-ring (bicyclic) bond motifs is 1. The second-order valence-electron chi connectivity index (χ2n) is 7.18. The zero-order valence-corrected chi connectivity index (χ0v) is 17.0. The predicted octanol–water partition coefficient (Wildman–Crippen LogP) is 4.22. The number of nitrogens with zero attached hydrogens (tertiary/aromatic N) is 1. The molecule has 3 rings (SSSR count). The van der Waals surface area contributed by atoms with E-state index in [0.29, 0.717) is 23.5 Å². The zero-order chi connectivity index (χ0) is 21.7. The molecule has 154 valence electrons. The summed E-state index contributed by atoms with van der Waals surface area (Å²) in [6, 6.07) is 6.01. The minimum Gasteiger partial charge on any atom is -0.479 e. The van der Waals surface area contributed by atoms with Crippen molar-refractivity contribution in [2.75, 3.05) is 0 Å². The van der Waals surface area contributed by atoms with Crippen LogP contribution in [0.3, 0.4) is 0 Å². The molecule has 1 aliphatic carbocycles. The van der Waals surface area contributed by atoms with Crippen molar-refractivity contribution in [2.24, 2.45) is 10.9 Å². The average Bonchev–Trinajstić information content (AvgIpc) is 2.92. The van der Waals surface area contributed by atoms with Crippen molar-refractivity contribution in [3.05, 3.63) is 65.3 Å². The van der Waals surface area contributed by atoms with Crippen molar-refractivity contribution in [1.29, 1.82) is 0 Å². The lowest BCUT2D eigenvalue weighted by Crippen LogP contribution is -2.39. The summed E-state index contributed by atoms with van der Waals surface area (Å²) in [6.07, 6.45) is 13.0. The van der Waals surface area contributed by atoms with Gasteiger partial charge in [-0.15, -0.1) is 6.42 Å². The van der Waals surface area contributed by atoms with E-state index >= 15 is 0 Å². The number of benzene rings is 1. The van der Waals surface area contributed by atoms with Crippen LogP contribution in [-0.2, 0) is 4.79 Å². The number of amides is 2. The number of hydrogen-bond acceptors (Lipinski definition) is 3. The zero-order valence-electron chi connectivity index (χ0n) is 17.0. The Hall–Kier alpha value is -3.59. The van der Waals surface area contributed by atoms with Gasteiger partial charge in [0.05, 0.1) is 11.8 Å². The number of allylic oxidation sites excluding steroid dienone is 6. The van der Waals surface area contributed by atoms with Gasteiger partial charge in [0.1, 0.15) is 5.75 Å². The first-order valence-corrected chi connectivity index (χ1v) is 9.87. The third-order valence-electron chi connectivity index (χ3n) is 5.02. The topological polar surface area (TPSA) is 88.0 Å². The number of carboxylic acid groups (broad SMARTS) is 1. The lowest BCUT2D eigenvalue weighted by atomic mass is 9.96. The van der Waals surface area contributed by atoms with Crippen molar-refractivity contribution in [2.45, 2.75) is 38.8 Å². The molecule has 0 saturated heterocycles. The number of aliphatic carboxylic acids is 1. The first-order chi connectivity index (χ1) is 14.4. The van der Waals surface area contributed by atoms with Crippen LogP contribution >= 0.6 is 0 Å². The molecule has 0 radical (unpaired) electrons. The van der Waals surface area contributed by atoms with Crippen LogP contribution in [0.5, 0.6) is 5.75 Å². The van der Waals surface area contributed by atoms with E-state index in [9.17, 15) is 14.7 Å². The molecular formula is C24H24N2O4. The van der Waals surface area contributed by atoms with E-state index in [1.807, 2.05) is 50.3 Å². The highest BCUT2D eigenvalue weighted by Gasteiger charge is 2.33. The summed E-state index contributed by atoms with van der Waals surface area (Å²) in [4.78, 5) is 28.5. The molecule has 1 heterocycles. The number of para-hydroxylation sites is 1. The molecule has 0 saturated carbocycles. The Labute approximate surface area is 176 Å². The highest BCUT2D eigenvalue weighted by atomic mass is 16.5. The Bertz CT molecular complexity index is 1010. The Morgan fingerprint density at radius 3 is 2.83 bits per heavy atom. The van der Waals surface area contributed by atoms with E-state index in [0.717, 1.165) is 11.1 Å². The third-order valence-corrected chi connectivity index (χ3v) is 5.02. The van der Waals surface area contributed by atoms with E-state index in [2.05, 4.69) is 16.2 Å². The Balaban J connectivity index is 1.86. The number of nitrogens with one attached hydrogen (secondary N) is 1. The Morgan fingerprint density at radius 2 is 2.13 bits per heavy atom. The number of urea groups is 1. The molecule has 1 aromatic rings. The van der Waals surface area contributed by atoms with Crippen molar-refractivity contribution in [1.82, 2.24) is 5.32 Å². The van der Waals surface area contributed by atoms with Gasteiger partial charge >= 0.3 is 12.0 Å². The Kier molecular flexibility index (Phi) is 6.53. The van der Waals surface area contributed by atoms with Gasteiger partial charge in [-0.3, -0.25) is 0 Å². The predicted molar refractivity (Wildman–Crippen MR) is 115 cm³/mol. The van der Waals surface area contributed by atoms with Gasteiger partial charge in [0.15, 0.2) is 6.10 Å². The van der Waals surface area contributed by atoms with Gasteiger partial charge in [-0.1, -0.05) is 62.3 Å². The van der Waals surface area contributed by atoms with E-state index < -0.39 is 24.1 Å². The second kappa shape index (κ2) is 9.27. The van der Waals surface area contributed by atoms with Gasteiger partial charge in [0.25, 0.3) is 0 Å². The SMILES string of the molecule is C#CC1=CC(C)C=CC=C1C(CC)=NC(=O)NC1CC(C(=O)O)Oc2ccccc21. The smallest absolute Gasteiger partial charge is 0.344 e. The number of terminal acetylenes is 1. The van der Waals surface area contributed by atoms with Gasteiger partial charge in [-0.05, 0) is 18.4 Å². The maximum Gasteiger partial charge on any atom is 0.344 e. The number of hydrogen-bond donors (Lipinski definition) is 2. The number of carboxylic acids is 1. The monoisotopic (exact) mass is 404 g/mol. The van der Waals surface area contributed by atoms with Crippen LogP contribution in [0.2, 0.25) is 0 Å². The summed E-state index contributed by atoms with van der Waals surface area (Å²) in [5.74, 6) is 2.24. The fourth-order valence-corrected chi connectivity index (χ4v) is 3.54. The average molecular weight is 404 g/mol. The lowest BCUT2D eigenvalue weighted by Gasteiger charge is -2.30. The molecule has 1 aliphatic heterocycles. The Morgan fingerprint density at radius 1 is 1.37 bits per heavy atom. The van der Waals surface area contributed by atoms with Gasteiger partial charge in [0, 0.05) is 23.1 Å². The van der Waals surface area contributed by atoms with Crippen LogP contribution in [0, 0.1) is 18.3 Å². The summed E-state index contributed by atoms with van der Waals surface area (Å²) >= 11 is 0. The van der Waals surface area contributed by atoms with Gasteiger partial charge in [-0.25, -0.2) is 9.59 Å². The van der Waals surface area contributed by atoms with Crippen LogP contribution in [0.1, 0.15) is 38.3 Å². The summed E-state index contributed by atoms with van der Waals surface area (Å²) in [6.45, 7) is 3.94. The summed E-state index contributed by atoms with van der Waals surface area (Å²) in [5.41, 5.74) is 2.74. The van der Waals surface area contributed by atoms with Crippen LogP contribution in [-0.4, -0.2) is 28.9 Å². The molecule has 30 heavy (non-hydrogen) atoms. The maximum absolute atomic E-state index is 12.8. The normalized spacial score (nSPS) is 23.1. The standard InChI is InChI=1S/C24H24N2O4/c1-4-16-13-15(3)9-8-11-17(16)19(5-2)25-24(29)26-20-14-22(23(27)28)30-21-12-7-6-10-18(20)21/h1,6-13,15,20,22H,5,14H2,2-3H3,(H,26,29)(H,27,28). The van der Waals surface area contributed by atoms with E-state index in [1.54, 1.807) is 12.1 Å². The number of rotatable bonds is 4. The van der Waals surface area contributed by atoms with Crippen LogP contribution in [0.25, 0.3) is 0 Å². The largest absolute Gasteiger partial charge is 0.479 e. The molecule has 0 fully saturated rings. The van der Waals surface area contributed by atoms with Crippen molar-refractivity contribution >= 4 is 17.7 Å². The maximum atomic E-state index is 12.8. The first kappa shape index (κ1) is 21.1. The molecule has 3 atom stereocenters. The highest BCUT2D eigenvalue weighted by Crippen LogP contribution is 2.34. The number of aliphatic imine (C=N–C) groups is 1. The second-order valence-corrected chi connectivity index (χ2v) is 7.18. The van der Waals surface area contributed by atoms with Gasteiger partial charge < -0.3 is 15.2 Å². The highest BCUT2D eigenvalue weighted by molar-refractivity contribution is 6.09. The number of carbonyl (C=O) groups is 2. The number of carbonyl (C=O) groups excluding carboxylic acids is 1. The van der Waals surface area contributed by atoms with Gasteiger partial charge in [0.2, 0.25) is 0 Å². The van der Waals surface area contributed by atoms with Crippen molar-refractivity contribution in [3.8, 4) is 18.1 Å². The first-order valence-electron chi connectivity index (χ1n) is 9.87. The van der Waals surface area contributed by atoms with Gasteiger partial charge in [-0.2, -0.15) is 4.99 Å². The van der Waals surface area contributed by atoms with Crippen molar-refractivity contribution in [3.63, 3.8) is 0 Å². The van der Waals surface area contributed by atoms with Crippen LogP contribution in [0.4, 0.5) is 4.79 Å². The minimum absolute atomic E-state index is 0.119. The molecule has 0 spiro atoms. The van der Waals surface area contributed by atoms with Crippen LogP contribution < -0.4 is 10.1 Å². The minimum atomic E-state index is -1.07. The summed E-state index contributed by atoms with van der Waals surface area (Å²) in [7, 11) is 0. The molecule has 1 aromatic carbocycles. The molecule has 2 N–H and O–H groups in total. The quantitative estimate of drug-likeness (QED) is 0.581. The summed E-state index contributed by atoms with van der Waals surface area (Å²) in [5, 5.41) is 12.2. The third kappa shape index (κ3) is 4.69. The molecule has 0 aromatic heterocycles. The molecule has 3 unspecified atom stereocenters. The van der Waals surface area contributed by atoms with E-state index in [1.165, 1.54) is 0 Å². The fourth-order valence-electron chi connectivity index (χ4n) is 3.54. The van der Waals surface area contributed by atoms with Crippen molar-refractivity contribution < 1.29 is 19.4 Å². The lowest BCUT2D eigenvalue weighted by molar-refractivity contribution is -0.146. The molecular weight excluding hydrogens is 380 g/mol. The molecule has 2 amide bonds. The van der Waals surface area contributed by atoms with E-state index in [4.69, 9.17) is 11.2 Å². The number of ether oxygens (including phenoxy) is 1. The molecule has 0 bridgehead atoms.